The van der Waals surface area contributed by atoms with Gasteiger partial charge in [-0.25, -0.2) is 13.1 Å². The summed E-state index contributed by atoms with van der Waals surface area (Å²) in [5, 5.41) is 2.78. The molecule has 1 aliphatic rings. The third-order valence-corrected chi connectivity index (χ3v) is 5.98. The Bertz CT molecular complexity index is 973. The molecule has 0 spiro atoms. The number of ether oxygens (including phenoxy) is 2. The molecule has 1 aliphatic heterocycles. The quantitative estimate of drug-likeness (QED) is 0.737. The van der Waals surface area contributed by atoms with E-state index in [0.29, 0.717) is 36.8 Å². The number of fused-ring (bicyclic) bond motifs is 1. The Morgan fingerprint density at radius 2 is 1.79 bits per heavy atom. The molecule has 2 aromatic rings. The first-order valence-corrected chi connectivity index (χ1v) is 10.6. The molecule has 0 aromatic heterocycles. The van der Waals surface area contributed by atoms with Crippen LogP contribution in [0.2, 0.25) is 0 Å². The first-order valence-electron chi connectivity index (χ1n) is 9.07. The molecule has 0 bridgehead atoms. The van der Waals surface area contributed by atoms with E-state index in [1.54, 1.807) is 19.1 Å². The maximum atomic E-state index is 12.4. The fourth-order valence-corrected chi connectivity index (χ4v) is 4.22. The Balaban J connectivity index is 1.48. The van der Waals surface area contributed by atoms with Crippen LogP contribution >= 0.6 is 0 Å². The standard InChI is InChI=1S/C20H24N2O5S/c1-14-3-4-15(2)19(11-14)28(24,25)22-8-7-20(23)21-13-16-5-6-17-18(12-16)27-10-9-26-17/h3-6,11-12,22H,7-10,13H2,1-2H3,(H,21,23). The highest BCUT2D eigenvalue weighted by Crippen LogP contribution is 2.30. The lowest BCUT2D eigenvalue weighted by molar-refractivity contribution is -0.121. The molecule has 7 nitrogen and oxygen atoms in total. The molecule has 28 heavy (non-hydrogen) atoms. The minimum atomic E-state index is -3.65. The third-order valence-electron chi connectivity index (χ3n) is 4.37. The van der Waals surface area contributed by atoms with Crippen LogP contribution in [0.15, 0.2) is 41.3 Å². The van der Waals surface area contributed by atoms with Gasteiger partial charge < -0.3 is 14.8 Å². The summed E-state index contributed by atoms with van der Waals surface area (Å²) >= 11 is 0. The fourth-order valence-electron chi connectivity index (χ4n) is 2.86. The SMILES string of the molecule is Cc1ccc(C)c(S(=O)(=O)NCCC(=O)NCc2ccc3c(c2)OCCO3)c1. The molecular formula is C20H24N2O5S. The zero-order valence-corrected chi connectivity index (χ0v) is 16.8. The average Bonchev–Trinajstić information content (AvgIpc) is 2.68. The summed E-state index contributed by atoms with van der Waals surface area (Å²) in [5.41, 5.74) is 2.41. The zero-order valence-electron chi connectivity index (χ0n) is 15.9. The van der Waals surface area contributed by atoms with Crippen LogP contribution in [0.5, 0.6) is 11.5 Å². The van der Waals surface area contributed by atoms with Gasteiger partial charge in [0, 0.05) is 19.5 Å². The van der Waals surface area contributed by atoms with Gasteiger partial charge in [-0.05, 0) is 48.7 Å². The number of hydrogen-bond acceptors (Lipinski definition) is 5. The molecule has 0 unspecified atom stereocenters. The van der Waals surface area contributed by atoms with Crippen molar-refractivity contribution in [1.29, 1.82) is 0 Å². The van der Waals surface area contributed by atoms with Gasteiger partial charge in [-0.2, -0.15) is 0 Å². The lowest BCUT2D eigenvalue weighted by Gasteiger charge is -2.19. The van der Waals surface area contributed by atoms with Gasteiger partial charge in [0.1, 0.15) is 13.2 Å². The zero-order chi connectivity index (χ0) is 20.1. The van der Waals surface area contributed by atoms with Gasteiger partial charge in [0.15, 0.2) is 11.5 Å². The van der Waals surface area contributed by atoms with Crippen molar-refractivity contribution < 1.29 is 22.7 Å². The van der Waals surface area contributed by atoms with Crippen molar-refractivity contribution in [3.8, 4) is 11.5 Å². The summed E-state index contributed by atoms with van der Waals surface area (Å²) in [5.74, 6) is 1.13. The normalized spacial score (nSPS) is 13.2. The van der Waals surface area contributed by atoms with Gasteiger partial charge in [-0.15, -0.1) is 0 Å². The van der Waals surface area contributed by atoms with Crippen LogP contribution in [0, 0.1) is 13.8 Å². The molecular weight excluding hydrogens is 380 g/mol. The number of rotatable bonds is 7. The number of carbonyl (C=O) groups is 1. The average molecular weight is 404 g/mol. The highest BCUT2D eigenvalue weighted by molar-refractivity contribution is 7.89. The largest absolute Gasteiger partial charge is 0.486 e. The van der Waals surface area contributed by atoms with E-state index in [-0.39, 0.29) is 23.8 Å². The monoisotopic (exact) mass is 404 g/mol. The van der Waals surface area contributed by atoms with Gasteiger partial charge in [-0.3, -0.25) is 4.79 Å². The first-order chi connectivity index (χ1) is 13.3. The Labute approximate surface area is 165 Å². The Morgan fingerprint density at radius 3 is 2.57 bits per heavy atom. The van der Waals surface area contributed by atoms with E-state index < -0.39 is 10.0 Å². The van der Waals surface area contributed by atoms with Crippen molar-refractivity contribution in [3.63, 3.8) is 0 Å². The van der Waals surface area contributed by atoms with Crippen LogP contribution in [0.4, 0.5) is 0 Å². The van der Waals surface area contributed by atoms with E-state index in [2.05, 4.69) is 10.0 Å². The summed E-state index contributed by atoms with van der Waals surface area (Å²) in [6.45, 7) is 4.98. The van der Waals surface area contributed by atoms with E-state index in [1.165, 1.54) is 0 Å². The van der Waals surface area contributed by atoms with Crippen molar-refractivity contribution >= 4 is 15.9 Å². The number of hydrogen-bond donors (Lipinski definition) is 2. The molecule has 0 aliphatic carbocycles. The summed E-state index contributed by atoms with van der Waals surface area (Å²) in [4.78, 5) is 12.3. The lowest BCUT2D eigenvalue weighted by Crippen LogP contribution is -2.31. The topological polar surface area (TPSA) is 93.7 Å². The van der Waals surface area contributed by atoms with Gasteiger partial charge in [0.25, 0.3) is 0 Å². The van der Waals surface area contributed by atoms with Gasteiger partial charge in [0.05, 0.1) is 4.90 Å². The molecule has 0 radical (unpaired) electrons. The van der Waals surface area contributed by atoms with Crippen molar-refractivity contribution in [3.05, 3.63) is 53.1 Å². The number of amides is 1. The molecule has 2 N–H and O–H groups in total. The predicted molar refractivity (Wildman–Crippen MR) is 105 cm³/mol. The number of nitrogens with one attached hydrogen (secondary N) is 2. The second-order valence-electron chi connectivity index (χ2n) is 6.67. The van der Waals surface area contributed by atoms with Crippen molar-refractivity contribution in [2.24, 2.45) is 0 Å². The smallest absolute Gasteiger partial charge is 0.240 e. The van der Waals surface area contributed by atoms with Crippen LogP contribution in [-0.4, -0.2) is 34.1 Å². The van der Waals surface area contributed by atoms with Crippen LogP contribution in [0.3, 0.4) is 0 Å². The Kier molecular flexibility index (Phi) is 6.21. The number of benzene rings is 2. The van der Waals surface area contributed by atoms with Crippen LogP contribution in [-0.2, 0) is 21.4 Å². The lowest BCUT2D eigenvalue weighted by atomic mass is 10.2. The van der Waals surface area contributed by atoms with Crippen molar-refractivity contribution in [2.75, 3.05) is 19.8 Å². The van der Waals surface area contributed by atoms with Crippen LogP contribution in [0.25, 0.3) is 0 Å². The minimum absolute atomic E-state index is 0.0304. The number of aryl methyl sites for hydroxylation is 2. The van der Waals surface area contributed by atoms with Crippen LogP contribution < -0.4 is 19.5 Å². The fraction of sp³-hybridized carbons (Fsp3) is 0.350. The van der Waals surface area contributed by atoms with E-state index in [1.807, 2.05) is 31.2 Å². The maximum Gasteiger partial charge on any atom is 0.240 e. The molecule has 0 atom stereocenters. The molecule has 2 aromatic carbocycles. The Hall–Kier alpha value is -2.58. The van der Waals surface area contributed by atoms with E-state index in [9.17, 15) is 13.2 Å². The van der Waals surface area contributed by atoms with Gasteiger partial charge in [-0.1, -0.05) is 18.2 Å². The second kappa shape index (κ2) is 8.62. The summed E-state index contributed by atoms with van der Waals surface area (Å²) < 4.78 is 38.3. The highest BCUT2D eigenvalue weighted by atomic mass is 32.2. The first kappa shape index (κ1) is 20.2. The predicted octanol–water partition coefficient (Wildman–Crippen LogP) is 2.06. The molecule has 0 saturated carbocycles. The molecule has 150 valence electrons. The molecule has 1 heterocycles. The molecule has 8 heteroatoms. The summed E-state index contributed by atoms with van der Waals surface area (Å²) in [6.07, 6.45) is 0.0502. The van der Waals surface area contributed by atoms with E-state index in [4.69, 9.17) is 9.47 Å². The number of carbonyl (C=O) groups excluding carboxylic acids is 1. The summed E-state index contributed by atoms with van der Waals surface area (Å²) in [6, 6.07) is 10.8. The molecule has 0 saturated heterocycles. The minimum Gasteiger partial charge on any atom is -0.486 e. The van der Waals surface area contributed by atoms with Crippen LogP contribution in [0.1, 0.15) is 23.1 Å². The maximum absolute atomic E-state index is 12.4. The van der Waals surface area contributed by atoms with Gasteiger partial charge >= 0.3 is 0 Å². The molecule has 0 fully saturated rings. The highest BCUT2D eigenvalue weighted by Gasteiger charge is 2.17. The summed E-state index contributed by atoms with van der Waals surface area (Å²) in [7, 11) is -3.65. The molecule has 1 amide bonds. The number of sulfonamides is 1. The van der Waals surface area contributed by atoms with Crippen molar-refractivity contribution in [1.82, 2.24) is 10.0 Å². The van der Waals surface area contributed by atoms with E-state index >= 15 is 0 Å². The van der Waals surface area contributed by atoms with E-state index in [0.717, 1.165) is 11.1 Å². The second-order valence-corrected chi connectivity index (χ2v) is 8.41. The Morgan fingerprint density at radius 1 is 1.04 bits per heavy atom. The van der Waals surface area contributed by atoms with Crippen molar-refractivity contribution in [2.45, 2.75) is 31.7 Å². The third kappa shape index (κ3) is 5.02. The molecule has 3 rings (SSSR count). The van der Waals surface area contributed by atoms with Gasteiger partial charge in [0.2, 0.25) is 15.9 Å².